The summed E-state index contributed by atoms with van der Waals surface area (Å²) in [4.78, 5) is 34.6. The molecular formula is C43H52N4O11. The molecule has 6 rings (SSSR count). The first kappa shape index (κ1) is 41.7. The second-order valence-corrected chi connectivity index (χ2v) is 13.8. The number of fused-ring (bicyclic) bond motifs is 1. The number of piperazine rings is 1. The van der Waals surface area contributed by atoms with E-state index in [1.54, 1.807) is 43.4 Å². The van der Waals surface area contributed by atoms with Crippen molar-refractivity contribution in [2.45, 2.75) is 38.7 Å². The molecule has 58 heavy (non-hydrogen) atoms. The number of hydrogen-bond acceptors (Lipinski definition) is 13. The molecule has 0 aliphatic carbocycles. The number of amides is 1. The van der Waals surface area contributed by atoms with Gasteiger partial charge in [0, 0.05) is 63.6 Å². The molecule has 0 spiro atoms. The maximum absolute atomic E-state index is 13.4. The molecule has 1 saturated heterocycles. The van der Waals surface area contributed by atoms with Gasteiger partial charge in [0.2, 0.25) is 0 Å². The van der Waals surface area contributed by atoms with Crippen LogP contribution in [0.1, 0.15) is 29.5 Å². The predicted molar refractivity (Wildman–Crippen MR) is 216 cm³/mol. The number of hydrogen-bond donors (Lipinski definition) is 0. The fourth-order valence-electron chi connectivity index (χ4n) is 6.85. The first-order valence-corrected chi connectivity index (χ1v) is 19.5. The van der Waals surface area contributed by atoms with Gasteiger partial charge < -0.3 is 52.7 Å². The van der Waals surface area contributed by atoms with Gasteiger partial charge in [0.15, 0.2) is 0 Å². The van der Waals surface area contributed by atoms with E-state index >= 15 is 0 Å². The van der Waals surface area contributed by atoms with Gasteiger partial charge in [0.25, 0.3) is 5.09 Å². The normalized spacial score (nSPS) is 14.9. The zero-order chi connectivity index (χ0) is 40.5. The molecule has 4 aromatic rings. The van der Waals surface area contributed by atoms with Crippen molar-refractivity contribution < 1.29 is 47.9 Å². The van der Waals surface area contributed by atoms with Crippen molar-refractivity contribution in [3.63, 3.8) is 0 Å². The molecule has 4 aromatic carbocycles. The van der Waals surface area contributed by atoms with Crippen LogP contribution in [0.25, 0.3) is 0 Å². The minimum absolute atomic E-state index is 0.0596. The van der Waals surface area contributed by atoms with Crippen molar-refractivity contribution in [3.8, 4) is 23.0 Å². The molecule has 310 valence electrons. The minimum Gasteiger partial charge on any atom is -0.496 e. The summed E-state index contributed by atoms with van der Waals surface area (Å²) in [7, 11) is 3.36. The molecule has 0 bridgehead atoms. The van der Waals surface area contributed by atoms with Gasteiger partial charge >= 0.3 is 6.09 Å². The van der Waals surface area contributed by atoms with Gasteiger partial charge in [-0.15, -0.1) is 10.1 Å². The average Bonchev–Trinajstić information content (AvgIpc) is 3.26. The molecule has 1 atom stereocenters. The highest BCUT2D eigenvalue weighted by Crippen LogP contribution is 2.35. The van der Waals surface area contributed by atoms with Crippen LogP contribution in [-0.2, 0) is 38.9 Å². The van der Waals surface area contributed by atoms with E-state index in [9.17, 15) is 14.9 Å². The van der Waals surface area contributed by atoms with Crippen LogP contribution in [0.5, 0.6) is 23.0 Å². The minimum atomic E-state index is -0.830. The van der Waals surface area contributed by atoms with Crippen LogP contribution >= 0.6 is 0 Å². The standard InChI is InChI=1S/C43H52N4O11/c1-51-23-5-19-44-22-26-55-42-18-17-39(27-40(42)44)56-32-37-28-45(43(48)57-29-33-9-11-34(12-10-33)30-58-47(49)50)20-21-46(37)36-13-15-38(16-14-36)54-25-6-24-53-31-35-7-3-4-8-41(35)52-2/h3-4,7-18,27,37H,5-6,19-26,28-32H2,1-2H3. The van der Waals surface area contributed by atoms with Crippen molar-refractivity contribution >= 4 is 17.5 Å². The number of carbonyl (C=O) groups excluding carboxylic acids is 1. The van der Waals surface area contributed by atoms with E-state index < -0.39 is 11.2 Å². The highest BCUT2D eigenvalue weighted by atomic mass is 16.9. The quantitative estimate of drug-likeness (QED) is 0.0512. The molecule has 0 radical (unpaired) electrons. The molecule has 0 N–H and O–H groups in total. The summed E-state index contributed by atoms with van der Waals surface area (Å²) in [5, 5.41) is 9.69. The zero-order valence-corrected chi connectivity index (χ0v) is 33.1. The topological polar surface area (TPSA) is 144 Å². The lowest BCUT2D eigenvalue weighted by Crippen LogP contribution is -2.57. The fourth-order valence-corrected chi connectivity index (χ4v) is 6.85. The van der Waals surface area contributed by atoms with Crippen molar-refractivity contribution in [3.05, 3.63) is 118 Å². The Labute approximate surface area is 338 Å². The van der Waals surface area contributed by atoms with Crippen LogP contribution in [0.2, 0.25) is 0 Å². The van der Waals surface area contributed by atoms with Gasteiger partial charge in [-0.1, -0.05) is 42.5 Å². The van der Waals surface area contributed by atoms with Crippen molar-refractivity contribution in [2.24, 2.45) is 0 Å². The number of nitrogens with zero attached hydrogens (tertiary/aromatic N) is 4. The van der Waals surface area contributed by atoms with Gasteiger partial charge in [-0.2, -0.15) is 0 Å². The zero-order valence-electron chi connectivity index (χ0n) is 33.1. The van der Waals surface area contributed by atoms with Gasteiger partial charge in [0.1, 0.15) is 49.4 Å². The summed E-state index contributed by atoms with van der Waals surface area (Å²) in [6.07, 6.45) is 1.20. The molecule has 1 unspecified atom stereocenters. The van der Waals surface area contributed by atoms with E-state index in [2.05, 4.69) is 14.6 Å². The second-order valence-electron chi connectivity index (χ2n) is 13.8. The largest absolute Gasteiger partial charge is 0.496 e. The number of para-hydroxylation sites is 1. The maximum Gasteiger partial charge on any atom is 0.410 e. The molecule has 2 aliphatic heterocycles. The molecule has 0 aromatic heterocycles. The Balaban J connectivity index is 1.06. The van der Waals surface area contributed by atoms with Crippen molar-refractivity contribution in [2.75, 3.05) is 89.8 Å². The first-order chi connectivity index (χ1) is 28.4. The fraction of sp³-hybridized carbons (Fsp3) is 0.419. The van der Waals surface area contributed by atoms with Crippen LogP contribution in [-0.4, -0.2) is 102 Å². The lowest BCUT2D eigenvalue weighted by molar-refractivity contribution is -0.763. The number of anilines is 2. The molecular weight excluding hydrogens is 748 g/mol. The molecule has 2 aliphatic rings. The second kappa shape index (κ2) is 21.6. The van der Waals surface area contributed by atoms with Crippen molar-refractivity contribution in [1.82, 2.24) is 4.90 Å². The van der Waals surface area contributed by atoms with E-state index in [0.29, 0.717) is 70.6 Å². The van der Waals surface area contributed by atoms with Crippen LogP contribution in [0.15, 0.2) is 91.0 Å². The third kappa shape index (κ3) is 12.0. The Bertz CT molecular complexity index is 1900. The third-order valence-corrected chi connectivity index (χ3v) is 9.89. The number of ether oxygens (including phenoxy) is 7. The van der Waals surface area contributed by atoms with Gasteiger partial charge in [-0.05, 0) is 60.0 Å². The van der Waals surface area contributed by atoms with E-state index in [-0.39, 0.29) is 19.3 Å². The predicted octanol–water partition coefficient (Wildman–Crippen LogP) is 6.53. The summed E-state index contributed by atoms with van der Waals surface area (Å²) < 4.78 is 40.7. The number of carbonyl (C=O) groups is 1. The molecule has 2 heterocycles. The summed E-state index contributed by atoms with van der Waals surface area (Å²) in [6.45, 7) is 6.08. The van der Waals surface area contributed by atoms with E-state index in [1.807, 2.05) is 66.7 Å². The Morgan fingerprint density at radius 2 is 1.60 bits per heavy atom. The Morgan fingerprint density at radius 3 is 2.38 bits per heavy atom. The SMILES string of the molecule is COCCCN1CCOc2ccc(OCC3CN(C(=O)OCc4ccc(CO[N+](=O)[O-])cc4)CCN3c3ccc(OCCCOCc4ccccc4OC)cc3)cc21. The molecule has 15 nitrogen and oxygen atoms in total. The van der Waals surface area contributed by atoms with Crippen LogP contribution in [0.4, 0.5) is 16.2 Å². The Hall–Kier alpha value is -5.93. The smallest absolute Gasteiger partial charge is 0.410 e. The molecule has 1 fully saturated rings. The maximum atomic E-state index is 13.4. The van der Waals surface area contributed by atoms with Gasteiger partial charge in [0.05, 0.1) is 45.2 Å². The van der Waals surface area contributed by atoms with Gasteiger partial charge in [-0.3, -0.25) is 0 Å². The molecule has 0 saturated carbocycles. The summed E-state index contributed by atoms with van der Waals surface area (Å²) in [5.41, 5.74) is 4.38. The summed E-state index contributed by atoms with van der Waals surface area (Å²) in [5.74, 6) is 3.11. The first-order valence-electron chi connectivity index (χ1n) is 19.5. The monoisotopic (exact) mass is 800 g/mol. The van der Waals surface area contributed by atoms with Crippen LogP contribution in [0, 0.1) is 10.1 Å². The summed E-state index contributed by atoms with van der Waals surface area (Å²) >= 11 is 0. The van der Waals surface area contributed by atoms with Crippen LogP contribution in [0.3, 0.4) is 0 Å². The van der Waals surface area contributed by atoms with Crippen molar-refractivity contribution in [1.29, 1.82) is 0 Å². The van der Waals surface area contributed by atoms with Crippen LogP contribution < -0.4 is 28.7 Å². The third-order valence-electron chi connectivity index (χ3n) is 9.89. The van der Waals surface area contributed by atoms with E-state index in [0.717, 1.165) is 65.7 Å². The van der Waals surface area contributed by atoms with Gasteiger partial charge in [-0.25, -0.2) is 4.79 Å². The van der Waals surface area contributed by atoms with E-state index in [1.165, 1.54) is 0 Å². The Kier molecular flexibility index (Phi) is 15.5. The van der Waals surface area contributed by atoms with E-state index in [4.69, 9.17) is 33.2 Å². The summed E-state index contributed by atoms with van der Waals surface area (Å²) in [6, 6.07) is 28.4. The number of methoxy groups -OCH3 is 2. The number of rotatable bonds is 21. The Morgan fingerprint density at radius 1 is 0.828 bits per heavy atom. The highest BCUT2D eigenvalue weighted by Gasteiger charge is 2.31. The molecule has 15 heteroatoms. The molecule has 1 amide bonds. The average molecular weight is 801 g/mol. The highest BCUT2D eigenvalue weighted by molar-refractivity contribution is 5.68. The lowest BCUT2D eigenvalue weighted by atomic mass is 10.1. The lowest BCUT2D eigenvalue weighted by Gasteiger charge is -2.42. The number of benzene rings is 4.